The van der Waals surface area contributed by atoms with Crippen LogP contribution in [0.4, 0.5) is 24.5 Å². The van der Waals surface area contributed by atoms with E-state index < -0.39 is 17.7 Å². The molecule has 2 aromatic heterocycles. The maximum atomic E-state index is 13.5. The fraction of sp³-hybridized carbons (Fsp3) is 0.0455. The van der Waals surface area contributed by atoms with Gasteiger partial charge in [-0.25, -0.2) is 4.79 Å². The number of anilines is 2. The Morgan fingerprint density at radius 3 is 2.58 bits per heavy atom. The zero-order valence-electron chi connectivity index (χ0n) is 15.7. The van der Waals surface area contributed by atoms with Gasteiger partial charge in [0.15, 0.2) is 0 Å². The summed E-state index contributed by atoms with van der Waals surface area (Å²) in [6.07, 6.45) is -0.800. The van der Waals surface area contributed by atoms with Gasteiger partial charge in [-0.15, -0.1) is 12.6 Å². The zero-order chi connectivity index (χ0) is 22.2. The lowest BCUT2D eigenvalue weighted by Gasteiger charge is -2.16. The summed E-state index contributed by atoms with van der Waals surface area (Å²) in [6.45, 7) is 0. The first-order chi connectivity index (χ1) is 14.8. The first-order valence-electron chi connectivity index (χ1n) is 8.98. The van der Waals surface area contributed by atoms with E-state index in [0.29, 0.717) is 32.7 Å². The van der Waals surface area contributed by atoms with Crippen LogP contribution in [0.2, 0.25) is 0 Å². The number of aromatic carboxylic acids is 1. The Morgan fingerprint density at radius 1 is 1.06 bits per heavy atom. The van der Waals surface area contributed by atoms with E-state index in [1.54, 1.807) is 30.3 Å². The van der Waals surface area contributed by atoms with Crippen LogP contribution < -0.4 is 5.32 Å². The van der Waals surface area contributed by atoms with Crippen molar-refractivity contribution < 1.29 is 23.1 Å². The number of thiol groups is 1. The molecule has 0 aliphatic rings. The monoisotopic (exact) mass is 441 g/mol. The highest BCUT2D eigenvalue weighted by Crippen LogP contribution is 2.39. The van der Waals surface area contributed by atoms with Crippen molar-refractivity contribution in [1.29, 1.82) is 0 Å². The van der Waals surface area contributed by atoms with Crippen molar-refractivity contribution in [3.63, 3.8) is 0 Å². The molecule has 0 radical (unpaired) electrons. The Bertz CT molecular complexity index is 1310. The Balaban J connectivity index is 1.90. The Labute approximate surface area is 180 Å². The molecule has 31 heavy (non-hydrogen) atoms. The van der Waals surface area contributed by atoms with Gasteiger partial charge >= 0.3 is 12.1 Å². The van der Waals surface area contributed by atoms with Crippen LogP contribution >= 0.6 is 12.6 Å². The summed E-state index contributed by atoms with van der Waals surface area (Å²) >= 11 is 4.41. The molecule has 0 aliphatic heterocycles. The average molecular weight is 441 g/mol. The molecule has 0 amide bonds. The molecule has 0 spiro atoms. The molecule has 156 valence electrons. The molecule has 0 fully saturated rings. The molecule has 2 heterocycles. The van der Waals surface area contributed by atoms with Crippen LogP contribution in [0.25, 0.3) is 22.0 Å². The normalized spacial score (nSPS) is 11.5. The van der Waals surface area contributed by atoms with Crippen LogP contribution in [-0.2, 0) is 6.18 Å². The lowest BCUT2D eigenvalue weighted by Crippen LogP contribution is -2.07. The van der Waals surface area contributed by atoms with E-state index in [-0.39, 0.29) is 11.1 Å². The highest BCUT2D eigenvalue weighted by molar-refractivity contribution is 7.80. The summed E-state index contributed by atoms with van der Waals surface area (Å²) in [5.74, 6) is -1.12. The molecule has 5 nitrogen and oxygen atoms in total. The second-order valence-corrected chi connectivity index (χ2v) is 7.13. The quantitative estimate of drug-likeness (QED) is 0.337. The third-order valence-corrected chi connectivity index (χ3v) is 5.04. The second-order valence-electron chi connectivity index (χ2n) is 6.65. The summed E-state index contributed by atoms with van der Waals surface area (Å²) in [7, 11) is 0. The van der Waals surface area contributed by atoms with E-state index in [9.17, 15) is 23.1 Å². The van der Waals surface area contributed by atoms with Crippen LogP contribution in [0.1, 0.15) is 15.9 Å². The van der Waals surface area contributed by atoms with Crippen molar-refractivity contribution in [2.45, 2.75) is 11.1 Å². The molecule has 0 atom stereocenters. The molecule has 0 unspecified atom stereocenters. The minimum Gasteiger partial charge on any atom is -0.478 e. The standard InChI is InChI=1S/C22H14F3N3O2S/c23-22(24,25)16-7-8-26-10-15(16)12-5-6-17-14(9-12)20(19(31)11-27-17)28-18-4-2-1-3-13(18)21(29)30/h1-11,31H,(H,27,28)(H,29,30). The highest BCUT2D eigenvalue weighted by Gasteiger charge is 2.33. The predicted molar refractivity (Wildman–Crippen MR) is 114 cm³/mol. The lowest BCUT2D eigenvalue weighted by molar-refractivity contribution is -0.137. The van der Waals surface area contributed by atoms with Gasteiger partial charge in [0, 0.05) is 34.4 Å². The molecular formula is C22H14F3N3O2S. The molecular weight excluding hydrogens is 427 g/mol. The minimum absolute atomic E-state index is 0.0444. The van der Waals surface area contributed by atoms with Crippen molar-refractivity contribution in [1.82, 2.24) is 9.97 Å². The number of hydrogen-bond donors (Lipinski definition) is 3. The number of fused-ring (bicyclic) bond motifs is 1. The van der Waals surface area contributed by atoms with E-state index in [4.69, 9.17) is 0 Å². The third kappa shape index (κ3) is 4.04. The summed E-state index contributed by atoms with van der Waals surface area (Å²) in [6, 6.07) is 11.9. The summed E-state index contributed by atoms with van der Waals surface area (Å²) in [5, 5.41) is 13.0. The number of benzene rings is 2. The number of nitrogens with one attached hydrogen (secondary N) is 1. The van der Waals surface area contributed by atoms with Crippen molar-refractivity contribution in [3.8, 4) is 11.1 Å². The number of rotatable bonds is 4. The number of alkyl halides is 3. The predicted octanol–water partition coefficient (Wildman–Crippen LogP) is 6.05. The maximum Gasteiger partial charge on any atom is 0.417 e. The van der Waals surface area contributed by atoms with Gasteiger partial charge in [0.25, 0.3) is 0 Å². The van der Waals surface area contributed by atoms with Gasteiger partial charge < -0.3 is 10.4 Å². The number of pyridine rings is 2. The Morgan fingerprint density at radius 2 is 1.84 bits per heavy atom. The molecule has 0 bridgehead atoms. The summed E-state index contributed by atoms with van der Waals surface area (Å²) in [5.41, 5.74) is 0.725. The number of hydrogen-bond acceptors (Lipinski definition) is 5. The number of aromatic nitrogens is 2. The first-order valence-corrected chi connectivity index (χ1v) is 9.43. The minimum atomic E-state index is -4.54. The van der Waals surface area contributed by atoms with E-state index in [1.165, 1.54) is 18.3 Å². The molecule has 2 N–H and O–H groups in total. The van der Waals surface area contributed by atoms with Crippen LogP contribution in [-0.4, -0.2) is 21.0 Å². The van der Waals surface area contributed by atoms with Crippen molar-refractivity contribution >= 4 is 40.9 Å². The number of nitrogens with zero attached hydrogens (tertiary/aromatic N) is 2. The number of para-hydroxylation sites is 1. The van der Waals surface area contributed by atoms with Gasteiger partial charge in [-0.2, -0.15) is 13.2 Å². The van der Waals surface area contributed by atoms with Gasteiger partial charge in [-0.3, -0.25) is 9.97 Å². The summed E-state index contributed by atoms with van der Waals surface area (Å²) in [4.78, 5) is 20.1. The second kappa shape index (κ2) is 7.92. The van der Waals surface area contributed by atoms with E-state index in [1.807, 2.05) is 0 Å². The summed E-state index contributed by atoms with van der Waals surface area (Å²) < 4.78 is 40.4. The van der Waals surface area contributed by atoms with Gasteiger partial charge in [-0.1, -0.05) is 18.2 Å². The topological polar surface area (TPSA) is 75.1 Å². The smallest absolute Gasteiger partial charge is 0.417 e. The van der Waals surface area contributed by atoms with E-state index in [2.05, 4.69) is 27.9 Å². The number of carboxylic acids is 1. The molecule has 2 aromatic carbocycles. The number of halogens is 3. The molecule has 4 rings (SSSR count). The van der Waals surface area contributed by atoms with Crippen molar-refractivity contribution in [2.75, 3.05) is 5.32 Å². The third-order valence-electron chi connectivity index (χ3n) is 4.70. The molecule has 9 heteroatoms. The fourth-order valence-corrected chi connectivity index (χ4v) is 3.50. The van der Waals surface area contributed by atoms with E-state index in [0.717, 1.165) is 18.5 Å². The van der Waals surface area contributed by atoms with Gasteiger partial charge in [0.05, 0.1) is 28.0 Å². The maximum absolute atomic E-state index is 13.5. The van der Waals surface area contributed by atoms with Crippen LogP contribution in [0.5, 0.6) is 0 Å². The SMILES string of the molecule is O=C(O)c1ccccc1Nc1c(S)cnc2ccc(-c3cnccc3C(F)(F)F)cc12. The van der Waals surface area contributed by atoms with Crippen LogP contribution in [0, 0.1) is 0 Å². The van der Waals surface area contributed by atoms with Crippen molar-refractivity contribution in [2.24, 2.45) is 0 Å². The van der Waals surface area contributed by atoms with E-state index >= 15 is 0 Å². The molecule has 0 saturated heterocycles. The largest absolute Gasteiger partial charge is 0.478 e. The molecule has 0 saturated carbocycles. The number of carbonyl (C=O) groups is 1. The van der Waals surface area contributed by atoms with Gasteiger partial charge in [-0.05, 0) is 35.9 Å². The zero-order valence-corrected chi connectivity index (χ0v) is 16.6. The first kappa shape index (κ1) is 20.7. The molecule has 4 aromatic rings. The average Bonchev–Trinajstić information content (AvgIpc) is 2.75. The van der Waals surface area contributed by atoms with Gasteiger partial charge in [0.2, 0.25) is 0 Å². The fourth-order valence-electron chi connectivity index (χ4n) is 3.27. The highest BCUT2D eigenvalue weighted by atomic mass is 32.1. The molecule has 0 aliphatic carbocycles. The Kier molecular flexibility index (Phi) is 5.28. The van der Waals surface area contributed by atoms with Gasteiger partial charge in [0.1, 0.15) is 0 Å². The Hall–Kier alpha value is -3.59. The van der Waals surface area contributed by atoms with Crippen LogP contribution in [0.15, 0.2) is 72.0 Å². The number of carboxylic acid groups (broad SMARTS) is 1. The van der Waals surface area contributed by atoms with Crippen LogP contribution in [0.3, 0.4) is 0 Å². The van der Waals surface area contributed by atoms with Crippen molar-refractivity contribution in [3.05, 3.63) is 78.2 Å². The lowest BCUT2D eigenvalue weighted by atomic mass is 9.99.